The summed E-state index contributed by atoms with van der Waals surface area (Å²) in [5.74, 6) is 2.02. The fourth-order valence-electron chi connectivity index (χ4n) is 4.98. The molecule has 1 aromatic heterocycles. The maximum absolute atomic E-state index is 13.7. The summed E-state index contributed by atoms with van der Waals surface area (Å²) in [6.45, 7) is 0. The molecule has 0 saturated heterocycles. The number of fused-ring (bicyclic) bond motifs is 2. The summed E-state index contributed by atoms with van der Waals surface area (Å²) in [4.78, 5) is 15.8. The second kappa shape index (κ2) is 6.15. The molecule has 4 rings (SSSR count). The molecule has 3 nitrogen and oxygen atoms in total. The summed E-state index contributed by atoms with van der Waals surface area (Å²) >= 11 is 0. The Morgan fingerprint density at radius 3 is 2.67 bits per heavy atom. The third kappa shape index (κ3) is 2.79. The zero-order valence-corrected chi connectivity index (χ0v) is 13.9. The minimum Gasteiger partial charge on any atom is -0.469 e. The molecule has 0 amide bonds. The fourth-order valence-corrected chi connectivity index (χ4v) is 4.98. The van der Waals surface area contributed by atoms with Gasteiger partial charge >= 0.3 is 5.97 Å². The van der Waals surface area contributed by atoms with Gasteiger partial charge in [-0.1, -0.05) is 0 Å². The third-order valence-corrected chi connectivity index (χ3v) is 5.97. The first-order chi connectivity index (χ1) is 11.6. The lowest BCUT2D eigenvalue weighted by Crippen LogP contribution is -2.08. The van der Waals surface area contributed by atoms with E-state index in [-0.39, 0.29) is 11.8 Å². The summed E-state index contributed by atoms with van der Waals surface area (Å²) in [6.07, 6.45) is 6.90. The predicted molar refractivity (Wildman–Crippen MR) is 90.0 cm³/mol. The molecule has 24 heavy (non-hydrogen) atoms. The Kier molecular flexibility index (Phi) is 3.99. The fraction of sp³-hybridized carbons (Fsp3) is 0.500. The van der Waals surface area contributed by atoms with E-state index in [0.717, 1.165) is 36.6 Å². The second-order valence-electron chi connectivity index (χ2n) is 7.37. The van der Waals surface area contributed by atoms with Gasteiger partial charge < -0.3 is 4.74 Å². The van der Waals surface area contributed by atoms with Crippen molar-refractivity contribution in [3.8, 4) is 0 Å². The normalized spacial score (nSPS) is 28.9. The number of hydrogen-bond acceptors (Lipinski definition) is 3. The van der Waals surface area contributed by atoms with Crippen molar-refractivity contribution >= 4 is 16.9 Å². The van der Waals surface area contributed by atoms with Crippen molar-refractivity contribution < 1.29 is 13.9 Å². The molecule has 1 unspecified atom stereocenters. The van der Waals surface area contributed by atoms with Crippen LogP contribution >= 0.6 is 0 Å². The first-order valence-corrected chi connectivity index (χ1v) is 8.75. The summed E-state index contributed by atoms with van der Waals surface area (Å²) < 4.78 is 18.5. The Morgan fingerprint density at radius 2 is 1.96 bits per heavy atom. The number of pyridine rings is 1. The lowest BCUT2D eigenvalue weighted by molar-refractivity contribution is -0.141. The van der Waals surface area contributed by atoms with Crippen LogP contribution in [0.1, 0.15) is 43.6 Å². The highest BCUT2D eigenvalue weighted by molar-refractivity contribution is 5.82. The van der Waals surface area contributed by atoms with Crippen LogP contribution in [0, 0.1) is 23.6 Å². The number of nitrogens with zero attached hydrogens (tertiary/aromatic N) is 1. The standard InChI is InChI=1S/C20H22FNO2/c1-24-20(23)8-12-6-13-9-15(10-14(13)7-12)17-4-5-22-19-3-2-16(21)11-18(17)19/h2-5,11-15H,6-10H2,1H3/t12-,13+,14-,15?. The average molecular weight is 327 g/mol. The van der Waals surface area contributed by atoms with Crippen LogP contribution in [-0.4, -0.2) is 18.1 Å². The maximum Gasteiger partial charge on any atom is 0.305 e. The minimum atomic E-state index is -0.201. The first kappa shape index (κ1) is 15.6. The van der Waals surface area contributed by atoms with Gasteiger partial charge in [0.2, 0.25) is 0 Å². The van der Waals surface area contributed by atoms with Gasteiger partial charge in [-0.25, -0.2) is 4.39 Å². The molecule has 2 aliphatic rings. The Balaban J connectivity index is 1.52. The van der Waals surface area contributed by atoms with Crippen LogP contribution in [0.3, 0.4) is 0 Å². The van der Waals surface area contributed by atoms with Crippen LogP contribution in [0.15, 0.2) is 30.5 Å². The van der Waals surface area contributed by atoms with E-state index in [4.69, 9.17) is 4.74 Å². The van der Waals surface area contributed by atoms with E-state index < -0.39 is 0 Å². The van der Waals surface area contributed by atoms with Crippen molar-refractivity contribution in [3.63, 3.8) is 0 Å². The van der Waals surface area contributed by atoms with Crippen molar-refractivity contribution in [2.75, 3.05) is 7.11 Å². The zero-order valence-electron chi connectivity index (χ0n) is 13.9. The number of methoxy groups -OCH3 is 1. The highest BCUT2D eigenvalue weighted by atomic mass is 19.1. The average Bonchev–Trinajstić information content (AvgIpc) is 3.12. The molecular weight excluding hydrogens is 305 g/mol. The summed E-state index contributed by atoms with van der Waals surface area (Å²) in [5.41, 5.74) is 2.10. The number of carbonyl (C=O) groups is 1. The van der Waals surface area contributed by atoms with Crippen LogP contribution in [0.5, 0.6) is 0 Å². The molecule has 0 radical (unpaired) electrons. The molecule has 1 aromatic carbocycles. The Morgan fingerprint density at radius 1 is 1.21 bits per heavy atom. The summed E-state index contributed by atoms with van der Waals surface area (Å²) in [5, 5.41) is 0.952. The quantitative estimate of drug-likeness (QED) is 0.782. The van der Waals surface area contributed by atoms with E-state index in [1.165, 1.54) is 18.7 Å². The monoisotopic (exact) mass is 327 g/mol. The van der Waals surface area contributed by atoms with E-state index in [1.807, 2.05) is 6.20 Å². The maximum atomic E-state index is 13.7. The molecule has 4 heteroatoms. The SMILES string of the molecule is COC(=O)C[C@@H]1C[C@H]2CC(c3ccnc4ccc(F)cc34)C[C@H]2C1. The molecule has 0 spiro atoms. The molecule has 4 atom stereocenters. The number of halogens is 1. The number of rotatable bonds is 3. The van der Waals surface area contributed by atoms with Gasteiger partial charge in [0.15, 0.2) is 0 Å². The molecule has 0 bridgehead atoms. The van der Waals surface area contributed by atoms with E-state index in [1.54, 1.807) is 12.1 Å². The number of aromatic nitrogens is 1. The molecular formula is C20H22FNO2. The first-order valence-electron chi connectivity index (χ1n) is 8.75. The molecule has 2 fully saturated rings. The second-order valence-corrected chi connectivity index (χ2v) is 7.37. The lowest BCUT2D eigenvalue weighted by Gasteiger charge is -2.16. The van der Waals surface area contributed by atoms with Crippen molar-refractivity contribution in [3.05, 3.63) is 41.8 Å². The number of hydrogen-bond donors (Lipinski definition) is 0. The van der Waals surface area contributed by atoms with Gasteiger partial charge in [0, 0.05) is 18.0 Å². The highest BCUT2D eigenvalue weighted by Crippen LogP contribution is 2.53. The van der Waals surface area contributed by atoms with Crippen molar-refractivity contribution in [2.24, 2.45) is 17.8 Å². The van der Waals surface area contributed by atoms with Gasteiger partial charge in [-0.05, 0) is 79.2 Å². The minimum absolute atomic E-state index is 0.0906. The molecule has 0 N–H and O–H groups in total. The smallest absolute Gasteiger partial charge is 0.305 e. The predicted octanol–water partition coefficient (Wildman–Crippen LogP) is 4.46. The molecule has 126 valence electrons. The van der Waals surface area contributed by atoms with E-state index in [9.17, 15) is 9.18 Å². The van der Waals surface area contributed by atoms with Gasteiger partial charge in [0.1, 0.15) is 5.82 Å². The van der Waals surface area contributed by atoms with Crippen LogP contribution in [-0.2, 0) is 9.53 Å². The molecule has 2 aromatic rings. The van der Waals surface area contributed by atoms with Gasteiger partial charge in [-0.15, -0.1) is 0 Å². The van der Waals surface area contributed by atoms with E-state index in [0.29, 0.717) is 30.1 Å². The molecule has 1 heterocycles. The third-order valence-electron chi connectivity index (χ3n) is 5.97. The Bertz CT molecular complexity index is 761. The van der Waals surface area contributed by atoms with Crippen molar-refractivity contribution in [1.29, 1.82) is 0 Å². The number of carbonyl (C=O) groups excluding carboxylic acids is 1. The van der Waals surface area contributed by atoms with Gasteiger partial charge in [0.05, 0.1) is 12.6 Å². The zero-order chi connectivity index (χ0) is 16.7. The molecule has 0 aliphatic heterocycles. The Hall–Kier alpha value is -1.97. The van der Waals surface area contributed by atoms with Gasteiger partial charge in [0.25, 0.3) is 0 Å². The summed E-state index contributed by atoms with van der Waals surface area (Å²) in [7, 11) is 1.46. The summed E-state index contributed by atoms with van der Waals surface area (Å²) in [6, 6.07) is 6.90. The number of ether oxygens (including phenoxy) is 1. The number of esters is 1. The molecule has 2 aliphatic carbocycles. The lowest BCUT2D eigenvalue weighted by atomic mass is 9.90. The van der Waals surface area contributed by atoms with Crippen LogP contribution < -0.4 is 0 Å². The van der Waals surface area contributed by atoms with E-state index in [2.05, 4.69) is 11.1 Å². The van der Waals surface area contributed by atoms with Crippen molar-refractivity contribution in [1.82, 2.24) is 4.98 Å². The topological polar surface area (TPSA) is 39.2 Å². The van der Waals surface area contributed by atoms with Gasteiger partial charge in [-0.2, -0.15) is 0 Å². The molecule has 2 saturated carbocycles. The largest absolute Gasteiger partial charge is 0.469 e. The van der Waals surface area contributed by atoms with Crippen LogP contribution in [0.25, 0.3) is 10.9 Å². The van der Waals surface area contributed by atoms with E-state index >= 15 is 0 Å². The van der Waals surface area contributed by atoms with Crippen molar-refractivity contribution in [2.45, 2.75) is 38.0 Å². The van der Waals surface area contributed by atoms with Crippen LogP contribution in [0.4, 0.5) is 4.39 Å². The number of benzene rings is 1. The Labute approximate surface area is 141 Å². The highest BCUT2D eigenvalue weighted by Gasteiger charge is 2.42. The van der Waals surface area contributed by atoms with Crippen LogP contribution in [0.2, 0.25) is 0 Å². The van der Waals surface area contributed by atoms with Gasteiger partial charge in [-0.3, -0.25) is 9.78 Å².